The Labute approximate surface area is 289 Å². The van der Waals surface area contributed by atoms with Crippen LogP contribution in [0.4, 0.5) is 0 Å². The van der Waals surface area contributed by atoms with Gasteiger partial charge in [-0.2, -0.15) is 0 Å². The molecule has 2 aromatic rings. The van der Waals surface area contributed by atoms with Crippen LogP contribution in [0.3, 0.4) is 0 Å². The second-order valence-electron chi connectivity index (χ2n) is 14.5. The molecular formula is C42H68O4Si. The van der Waals surface area contributed by atoms with Gasteiger partial charge in [-0.15, -0.1) is 0 Å². The van der Waals surface area contributed by atoms with E-state index in [1.165, 1.54) is 68.2 Å². The number of benzene rings is 2. The molecule has 0 aromatic heterocycles. The molecule has 0 saturated carbocycles. The highest BCUT2D eigenvalue weighted by molar-refractivity contribution is 6.99. The SMILES string of the molecule is CCCCCCCOC(=O)CCCCCCCCCC(=O)CCCCCCCCO[Si](c1ccccc1)(c1ccccc1)C(C)(C)C. The second kappa shape index (κ2) is 24.8. The summed E-state index contributed by atoms with van der Waals surface area (Å²) in [5, 5.41) is 2.71. The predicted molar refractivity (Wildman–Crippen MR) is 202 cm³/mol. The lowest BCUT2D eigenvalue weighted by Crippen LogP contribution is -2.66. The lowest BCUT2D eigenvalue weighted by molar-refractivity contribution is -0.143. The molecule has 0 saturated heterocycles. The van der Waals surface area contributed by atoms with Gasteiger partial charge in [0.2, 0.25) is 0 Å². The van der Waals surface area contributed by atoms with Crippen LogP contribution in [0.1, 0.15) is 163 Å². The van der Waals surface area contributed by atoms with Crippen LogP contribution in [-0.4, -0.2) is 33.3 Å². The van der Waals surface area contributed by atoms with E-state index in [4.69, 9.17) is 9.16 Å². The quantitative estimate of drug-likeness (QED) is 0.0516. The van der Waals surface area contributed by atoms with Crippen molar-refractivity contribution >= 4 is 30.4 Å². The fraction of sp³-hybridized carbons (Fsp3) is 0.667. The highest BCUT2D eigenvalue weighted by atomic mass is 28.4. The Morgan fingerprint density at radius 2 is 0.936 bits per heavy atom. The van der Waals surface area contributed by atoms with Crippen LogP contribution in [0.15, 0.2) is 60.7 Å². The van der Waals surface area contributed by atoms with Crippen molar-refractivity contribution in [3.63, 3.8) is 0 Å². The van der Waals surface area contributed by atoms with E-state index in [1.807, 2.05) is 0 Å². The molecule has 0 aliphatic carbocycles. The van der Waals surface area contributed by atoms with E-state index < -0.39 is 8.32 Å². The third-order valence-corrected chi connectivity index (χ3v) is 14.5. The summed E-state index contributed by atoms with van der Waals surface area (Å²) in [4.78, 5) is 24.2. The fourth-order valence-corrected chi connectivity index (χ4v) is 11.3. The van der Waals surface area contributed by atoms with Crippen molar-refractivity contribution in [2.45, 2.75) is 168 Å². The molecule has 0 heterocycles. The van der Waals surface area contributed by atoms with Gasteiger partial charge in [0.05, 0.1) is 6.61 Å². The van der Waals surface area contributed by atoms with Crippen LogP contribution >= 0.6 is 0 Å². The highest BCUT2D eigenvalue weighted by Gasteiger charge is 2.49. The molecule has 47 heavy (non-hydrogen) atoms. The van der Waals surface area contributed by atoms with E-state index in [0.29, 0.717) is 18.8 Å². The third kappa shape index (κ3) is 16.6. The molecule has 5 heteroatoms. The monoisotopic (exact) mass is 664 g/mol. The number of rotatable bonds is 28. The van der Waals surface area contributed by atoms with E-state index in [0.717, 1.165) is 77.2 Å². The summed E-state index contributed by atoms with van der Waals surface area (Å²) in [7, 11) is -2.43. The van der Waals surface area contributed by atoms with Crippen molar-refractivity contribution in [1.29, 1.82) is 0 Å². The van der Waals surface area contributed by atoms with Crippen LogP contribution in [0.2, 0.25) is 5.04 Å². The zero-order valence-electron chi connectivity index (χ0n) is 30.7. The molecule has 0 N–H and O–H groups in total. The Bertz CT molecular complexity index is 1020. The number of carbonyl (C=O) groups excluding carboxylic acids is 2. The van der Waals surface area contributed by atoms with E-state index >= 15 is 0 Å². The summed E-state index contributed by atoms with van der Waals surface area (Å²) in [6, 6.07) is 21.8. The van der Waals surface area contributed by atoms with Gasteiger partial charge in [0.15, 0.2) is 0 Å². The zero-order chi connectivity index (χ0) is 34.1. The number of hydrogen-bond donors (Lipinski definition) is 0. The van der Waals surface area contributed by atoms with Gasteiger partial charge in [0, 0.05) is 25.9 Å². The lowest BCUT2D eigenvalue weighted by Gasteiger charge is -2.43. The average Bonchev–Trinajstić information content (AvgIpc) is 3.06. The van der Waals surface area contributed by atoms with Gasteiger partial charge in [-0.1, -0.05) is 172 Å². The first kappa shape index (κ1) is 40.9. The van der Waals surface area contributed by atoms with Crippen molar-refractivity contribution in [3.8, 4) is 0 Å². The largest absolute Gasteiger partial charge is 0.466 e. The molecule has 0 radical (unpaired) electrons. The zero-order valence-corrected chi connectivity index (χ0v) is 31.7. The summed E-state index contributed by atoms with van der Waals surface area (Å²) in [5.41, 5.74) is 0. The smallest absolute Gasteiger partial charge is 0.305 e. The molecule has 4 nitrogen and oxygen atoms in total. The molecule has 0 amide bonds. The van der Waals surface area contributed by atoms with Gasteiger partial charge in [-0.25, -0.2) is 0 Å². The van der Waals surface area contributed by atoms with Gasteiger partial charge in [0.25, 0.3) is 8.32 Å². The summed E-state index contributed by atoms with van der Waals surface area (Å²) >= 11 is 0. The number of Topliss-reactive ketones (excluding diaryl/α,β-unsaturated/α-hetero) is 1. The van der Waals surface area contributed by atoms with E-state index in [1.54, 1.807) is 0 Å². The minimum Gasteiger partial charge on any atom is -0.466 e. The summed E-state index contributed by atoms with van der Waals surface area (Å²) in [6.07, 6.45) is 22.5. The van der Waals surface area contributed by atoms with Crippen molar-refractivity contribution < 1.29 is 18.8 Å². The average molecular weight is 665 g/mol. The number of esters is 1. The first-order valence-corrected chi connectivity index (χ1v) is 21.1. The van der Waals surface area contributed by atoms with Gasteiger partial charge < -0.3 is 9.16 Å². The number of carbonyl (C=O) groups is 2. The molecule has 0 atom stereocenters. The normalized spacial score (nSPS) is 11.9. The highest BCUT2D eigenvalue weighted by Crippen LogP contribution is 2.36. The van der Waals surface area contributed by atoms with Crippen LogP contribution < -0.4 is 10.4 Å². The van der Waals surface area contributed by atoms with Crippen molar-refractivity contribution in [3.05, 3.63) is 60.7 Å². The van der Waals surface area contributed by atoms with Gasteiger partial charge in [-0.05, 0) is 47.5 Å². The molecular weight excluding hydrogens is 597 g/mol. The molecule has 0 fully saturated rings. The summed E-state index contributed by atoms with van der Waals surface area (Å²) in [6.45, 7) is 10.6. The Morgan fingerprint density at radius 1 is 0.532 bits per heavy atom. The Morgan fingerprint density at radius 3 is 1.40 bits per heavy atom. The minimum atomic E-state index is -2.43. The second-order valence-corrected chi connectivity index (χ2v) is 18.8. The van der Waals surface area contributed by atoms with Crippen LogP contribution in [-0.2, 0) is 18.8 Å². The summed E-state index contributed by atoms with van der Waals surface area (Å²) in [5.74, 6) is 0.406. The van der Waals surface area contributed by atoms with Crippen LogP contribution in [0.5, 0.6) is 0 Å². The molecule has 0 aliphatic rings. The Hall–Kier alpha value is -2.24. The molecule has 2 aromatic carbocycles. The van der Waals surface area contributed by atoms with Crippen LogP contribution in [0, 0.1) is 0 Å². The Balaban J connectivity index is 1.47. The minimum absolute atomic E-state index is 0.0211. The molecule has 0 spiro atoms. The van der Waals surface area contributed by atoms with E-state index in [-0.39, 0.29) is 11.0 Å². The molecule has 0 unspecified atom stereocenters. The molecule has 2 rings (SSSR count). The standard InChI is InChI=1S/C42H68O4Si/c1-5-6-7-16-27-36-45-41(44)35-26-15-10-8-9-13-20-29-38(43)30-21-14-11-12-17-28-37-46-47(42(2,3)4,39-31-22-18-23-32-39)40-33-24-19-25-34-40/h18-19,22-25,31-34H,5-17,20-21,26-30,35-37H2,1-4H3. The molecule has 0 aliphatic heterocycles. The van der Waals surface area contributed by atoms with Crippen molar-refractivity contribution in [2.75, 3.05) is 13.2 Å². The van der Waals surface area contributed by atoms with Gasteiger partial charge >= 0.3 is 5.97 Å². The van der Waals surface area contributed by atoms with Gasteiger partial charge in [0.1, 0.15) is 5.78 Å². The van der Waals surface area contributed by atoms with Crippen LogP contribution in [0.25, 0.3) is 0 Å². The topological polar surface area (TPSA) is 52.6 Å². The number of unbranched alkanes of at least 4 members (excludes halogenated alkanes) is 15. The maximum Gasteiger partial charge on any atom is 0.305 e. The predicted octanol–water partition coefficient (Wildman–Crippen LogP) is 10.9. The molecule has 264 valence electrons. The molecule has 0 bridgehead atoms. The van der Waals surface area contributed by atoms with Gasteiger partial charge in [-0.3, -0.25) is 9.59 Å². The first-order valence-electron chi connectivity index (χ1n) is 19.2. The summed E-state index contributed by atoms with van der Waals surface area (Å²) < 4.78 is 12.4. The fourth-order valence-electron chi connectivity index (χ4n) is 6.68. The third-order valence-electron chi connectivity index (χ3n) is 9.43. The lowest BCUT2D eigenvalue weighted by atomic mass is 10.0. The number of hydrogen-bond acceptors (Lipinski definition) is 4. The van der Waals surface area contributed by atoms with E-state index in [9.17, 15) is 9.59 Å². The van der Waals surface area contributed by atoms with Crippen molar-refractivity contribution in [2.24, 2.45) is 0 Å². The Kier molecular flexibility index (Phi) is 21.6. The number of ketones is 1. The maximum atomic E-state index is 12.3. The maximum absolute atomic E-state index is 12.3. The number of ether oxygens (including phenoxy) is 1. The van der Waals surface area contributed by atoms with E-state index in [2.05, 4.69) is 88.4 Å². The first-order chi connectivity index (χ1) is 22.8. The van der Waals surface area contributed by atoms with Crippen molar-refractivity contribution in [1.82, 2.24) is 0 Å².